The highest BCUT2D eigenvalue weighted by Crippen LogP contribution is 2.55. The molecule has 2 rings (SSSR count). The molecule has 6 heteroatoms. The standard InChI is InChI=1S/C46H66O6/c1-29(2)17-13-19-31(5)21-15-23-33(7)25-27-37-35(9)39(41(47)43(49)45(37)51-11)40-36(10)38(46(52-12)44(50)42(40)48)28-26-34(8)24-16-22-32(6)20-14-18-30(3)4/h17-18,21-22,25-26,47-50H,13-16,19-20,23-24,27-28H2,1-12H3/b31-21+,32-22+,33-25+,34-26+. The molecule has 0 aliphatic carbocycles. The van der Waals surface area contributed by atoms with Gasteiger partial charge in [-0.25, -0.2) is 0 Å². The van der Waals surface area contributed by atoms with E-state index in [1.54, 1.807) is 0 Å². The molecule has 2 aromatic rings. The lowest BCUT2D eigenvalue weighted by Crippen LogP contribution is -2.03. The van der Waals surface area contributed by atoms with E-state index in [0.29, 0.717) is 35.1 Å². The summed E-state index contributed by atoms with van der Waals surface area (Å²) in [6, 6.07) is 0. The Morgan fingerprint density at radius 3 is 1.02 bits per heavy atom. The molecule has 0 fully saturated rings. The summed E-state index contributed by atoms with van der Waals surface area (Å²) in [5.41, 5.74) is 11.0. The van der Waals surface area contributed by atoms with E-state index in [-0.39, 0.29) is 22.6 Å². The molecule has 52 heavy (non-hydrogen) atoms. The van der Waals surface area contributed by atoms with Gasteiger partial charge in [-0.15, -0.1) is 0 Å². The SMILES string of the molecule is COc1c(O)c(O)c(-c2c(C)c(C/C=C(\C)CC/C=C(\C)CCC=C(C)C)c(OC)c(O)c2O)c(C)c1C/C=C(\C)CC/C=C(\C)CCC=C(C)C. The Hall–Kier alpha value is -4.32. The van der Waals surface area contributed by atoms with Crippen LogP contribution in [0.1, 0.15) is 129 Å². The Bertz CT molecular complexity index is 1590. The zero-order valence-corrected chi connectivity index (χ0v) is 34.1. The minimum absolute atomic E-state index is 0.188. The van der Waals surface area contributed by atoms with Crippen LogP contribution in [0.25, 0.3) is 11.1 Å². The van der Waals surface area contributed by atoms with Crippen LogP contribution in [-0.2, 0) is 12.8 Å². The molecule has 0 aliphatic rings. The van der Waals surface area contributed by atoms with Gasteiger partial charge >= 0.3 is 0 Å². The number of hydrogen-bond acceptors (Lipinski definition) is 6. The normalized spacial score (nSPS) is 12.6. The molecule has 0 heterocycles. The number of ether oxygens (including phenoxy) is 2. The van der Waals surface area contributed by atoms with Crippen LogP contribution < -0.4 is 9.47 Å². The summed E-state index contributed by atoms with van der Waals surface area (Å²) in [4.78, 5) is 0. The summed E-state index contributed by atoms with van der Waals surface area (Å²) >= 11 is 0. The topological polar surface area (TPSA) is 99.4 Å². The van der Waals surface area contributed by atoms with Gasteiger partial charge in [-0.1, -0.05) is 69.9 Å². The molecule has 0 saturated heterocycles. The van der Waals surface area contributed by atoms with Crippen molar-refractivity contribution in [1.29, 1.82) is 0 Å². The zero-order chi connectivity index (χ0) is 39.1. The lowest BCUT2D eigenvalue weighted by atomic mass is 9.86. The number of benzene rings is 2. The van der Waals surface area contributed by atoms with Crippen LogP contribution in [0.2, 0.25) is 0 Å². The third kappa shape index (κ3) is 12.4. The average Bonchev–Trinajstić information content (AvgIpc) is 3.07. The number of rotatable bonds is 19. The van der Waals surface area contributed by atoms with E-state index in [9.17, 15) is 20.4 Å². The van der Waals surface area contributed by atoms with E-state index in [2.05, 4.69) is 91.8 Å². The van der Waals surface area contributed by atoms with Gasteiger partial charge in [0.05, 0.1) is 14.2 Å². The van der Waals surface area contributed by atoms with Gasteiger partial charge in [0.2, 0.25) is 11.5 Å². The van der Waals surface area contributed by atoms with Crippen molar-refractivity contribution >= 4 is 0 Å². The van der Waals surface area contributed by atoms with Crippen molar-refractivity contribution in [2.45, 2.75) is 133 Å². The first kappa shape index (κ1) is 43.8. The molecular weight excluding hydrogens is 648 g/mol. The Labute approximate surface area is 314 Å². The molecule has 0 aliphatic heterocycles. The molecule has 0 saturated carbocycles. The molecule has 0 amide bonds. The van der Waals surface area contributed by atoms with Gasteiger partial charge in [0, 0.05) is 22.3 Å². The van der Waals surface area contributed by atoms with Crippen LogP contribution in [0, 0.1) is 13.8 Å². The van der Waals surface area contributed by atoms with Crippen molar-refractivity contribution in [3.8, 4) is 45.6 Å². The number of phenolic OH excluding ortho intramolecular Hbond substituents is 4. The van der Waals surface area contributed by atoms with Crippen LogP contribution >= 0.6 is 0 Å². The highest BCUT2D eigenvalue weighted by molar-refractivity contribution is 5.89. The summed E-state index contributed by atoms with van der Waals surface area (Å²) in [6.07, 6.45) is 22.2. The maximum Gasteiger partial charge on any atom is 0.201 e. The molecule has 4 N–H and O–H groups in total. The monoisotopic (exact) mass is 714 g/mol. The van der Waals surface area contributed by atoms with E-state index in [1.165, 1.54) is 47.7 Å². The number of aromatic hydroxyl groups is 4. The summed E-state index contributed by atoms with van der Waals surface area (Å²) in [7, 11) is 2.93. The predicted octanol–water partition coefficient (Wildman–Crippen LogP) is 12.7. The fourth-order valence-corrected chi connectivity index (χ4v) is 6.51. The average molecular weight is 715 g/mol. The van der Waals surface area contributed by atoms with E-state index < -0.39 is 23.0 Å². The number of phenols is 4. The molecule has 0 aromatic heterocycles. The quantitative estimate of drug-likeness (QED) is 0.0854. The fraction of sp³-hybridized carbons (Fsp3) is 0.478. The van der Waals surface area contributed by atoms with Crippen molar-refractivity contribution in [3.05, 3.63) is 92.1 Å². The molecule has 6 nitrogen and oxygen atoms in total. The van der Waals surface area contributed by atoms with E-state index in [0.717, 1.165) is 51.4 Å². The molecule has 0 unspecified atom stereocenters. The van der Waals surface area contributed by atoms with Gasteiger partial charge in [-0.3, -0.25) is 0 Å². The third-order valence-electron chi connectivity index (χ3n) is 9.77. The van der Waals surface area contributed by atoms with Gasteiger partial charge in [0.1, 0.15) is 0 Å². The minimum Gasteiger partial charge on any atom is -0.504 e. The third-order valence-corrected chi connectivity index (χ3v) is 9.77. The number of hydrogen-bond donors (Lipinski definition) is 4. The molecule has 2 aromatic carbocycles. The smallest absolute Gasteiger partial charge is 0.201 e. The van der Waals surface area contributed by atoms with Gasteiger partial charge in [-0.2, -0.15) is 0 Å². The summed E-state index contributed by atoms with van der Waals surface area (Å²) in [5, 5.41) is 45.2. The summed E-state index contributed by atoms with van der Waals surface area (Å²) < 4.78 is 11.2. The Morgan fingerprint density at radius 2 is 0.731 bits per heavy atom. The maximum atomic E-state index is 11.4. The van der Waals surface area contributed by atoms with Crippen LogP contribution in [0.3, 0.4) is 0 Å². The van der Waals surface area contributed by atoms with Gasteiger partial charge in [0.25, 0.3) is 0 Å². The minimum atomic E-state index is -0.417. The summed E-state index contributed by atoms with van der Waals surface area (Å²) in [6.45, 7) is 20.7. The summed E-state index contributed by atoms with van der Waals surface area (Å²) in [5.74, 6) is -1.27. The lowest BCUT2D eigenvalue weighted by molar-refractivity contribution is 0.345. The first-order valence-corrected chi connectivity index (χ1v) is 18.7. The van der Waals surface area contributed by atoms with Crippen LogP contribution in [-0.4, -0.2) is 34.6 Å². The van der Waals surface area contributed by atoms with Crippen molar-refractivity contribution in [2.24, 2.45) is 0 Å². The highest BCUT2D eigenvalue weighted by Gasteiger charge is 2.29. The van der Waals surface area contributed by atoms with Crippen molar-refractivity contribution in [1.82, 2.24) is 0 Å². The molecule has 0 atom stereocenters. The second kappa shape index (κ2) is 21.3. The van der Waals surface area contributed by atoms with Gasteiger partial charge in [-0.05, 0) is 145 Å². The maximum absolute atomic E-state index is 11.4. The molecule has 0 radical (unpaired) electrons. The highest BCUT2D eigenvalue weighted by atomic mass is 16.5. The number of allylic oxidation sites excluding steroid dienone is 12. The first-order valence-electron chi connectivity index (χ1n) is 18.7. The van der Waals surface area contributed by atoms with E-state index in [1.807, 2.05) is 13.8 Å². The second-order valence-corrected chi connectivity index (χ2v) is 14.7. The number of methoxy groups -OCH3 is 2. The second-order valence-electron chi connectivity index (χ2n) is 14.7. The zero-order valence-electron chi connectivity index (χ0n) is 34.1. The molecule has 0 spiro atoms. The van der Waals surface area contributed by atoms with Crippen molar-refractivity contribution in [3.63, 3.8) is 0 Å². The van der Waals surface area contributed by atoms with Crippen molar-refractivity contribution < 1.29 is 29.9 Å². The first-order chi connectivity index (χ1) is 24.5. The molecular formula is C46H66O6. The molecule has 0 bridgehead atoms. The Kier molecular flexibility index (Phi) is 17.9. The predicted molar refractivity (Wildman–Crippen MR) is 219 cm³/mol. The Balaban J connectivity index is 2.48. The van der Waals surface area contributed by atoms with E-state index >= 15 is 0 Å². The Morgan fingerprint density at radius 1 is 0.442 bits per heavy atom. The van der Waals surface area contributed by atoms with Crippen LogP contribution in [0.4, 0.5) is 0 Å². The van der Waals surface area contributed by atoms with E-state index in [4.69, 9.17) is 9.47 Å². The molecule has 286 valence electrons. The van der Waals surface area contributed by atoms with Crippen LogP contribution in [0.15, 0.2) is 69.9 Å². The fourth-order valence-electron chi connectivity index (χ4n) is 6.51. The van der Waals surface area contributed by atoms with Crippen LogP contribution in [0.5, 0.6) is 34.5 Å². The van der Waals surface area contributed by atoms with Gasteiger partial charge in [0.15, 0.2) is 23.0 Å². The largest absolute Gasteiger partial charge is 0.504 e. The lowest BCUT2D eigenvalue weighted by Gasteiger charge is -2.23. The van der Waals surface area contributed by atoms with Gasteiger partial charge < -0.3 is 29.9 Å². The van der Waals surface area contributed by atoms with Crippen molar-refractivity contribution in [2.75, 3.05) is 14.2 Å².